The number of carboxylic acid groups (broad SMARTS) is 1. The van der Waals surface area contributed by atoms with Gasteiger partial charge in [-0.25, -0.2) is 4.79 Å². The summed E-state index contributed by atoms with van der Waals surface area (Å²) in [6.07, 6.45) is 1.42. The van der Waals surface area contributed by atoms with Crippen molar-refractivity contribution in [3.63, 3.8) is 0 Å². The van der Waals surface area contributed by atoms with E-state index in [1.807, 2.05) is 20.8 Å². The Labute approximate surface area is 116 Å². The second kappa shape index (κ2) is 7.36. The minimum absolute atomic E-state index is 0.0541. The van der Waals surface area contributed by atoms with Crippen molar-refractivity contribution in [1.82, 2.24) is 10.2 Å². The van der Waals surface area contributed by atoms with Crippen LogP contribution in [-0.2, 0) is 4.79 Å². The number of nitrogens with one attached hydrogen (secondary N) is 1. The number of urea groups is 1. The van der Waals surface area contributed by atoms with Crippen molar-refractivity contribution in [3.05, 3.63) is 0 Å². The molecule has 2 N–H and O–H groups in total. The molecule has 0 rings (SSSR count). The van der Waals surface area contributed by atoms with Crippen molar-refractivity contribution in [3.8, 4) is 0 Å². The Bertz CT molecular complexity index is 314. The molecule has 0 fully saturated rings. The number of nitrogens with zero attached hydrogens (tertiary/aromatic N) is 1. The zero-order chi connectivity index (χ0) is 15.2. The second-order valence-electron chi connectivity index (χ2n) is 6.30. The third kappa shape index (κ3) is 7.70. The summed E-state index contributed by atoms with van der Waals surface area (Å²) < 4.78 is 0. The predicted molar refractivity (Wildman–Crippen MR) is 76.2 cm³/mol. The SMILES string of the molecule is CC(C)CC(C)N(C)C(=O)NC(C)(C)CCC(=O)O. The van der Waals surface area contributed by atoms with Gasteiger partial charge in [-0.05, 0) is 39.5 Å². The number of hydrogen-bond donors (Lipinski definition) is 2. The monoisotopic (exact) mass is 272 g/mol. The van der Waals surface area contributed by atoms with Crippen LogP contribution in [0.2, 0.25) is 0 Å². The van der Waals surface area contributed by atoms with E-state index >= 15 is 0 Å². The first-order valence-electron chi connectivity index (χ1n) is 6.82. The summed E-state index contributed by atoms with van der Waals surface area (Å²) >= 11 is 0. The largest absolute Gasteiger partial charge is 0.481 e. The Kier molecular flexibility index (Phi) is 6.87. The quantitative estimate of drug-likeness (QED) is 0.748. The number of aliphatic carboxylic acids is 1. The van der Waals surface area contributed by atoms with Gasteiger partial charge in [-0.2, -0.15) is 0 Å². The molecular formula is C14H28N2O3. The van der Waals surface area contributed by atoms with Crippen LogP contribution >= 0.6 is 0 Å². The van der Waals surface area contributed by atoms with E-state index in [2.05, 4.69) is 19.2 Å². The van der Waals surface area contributed by atoms with E-state index in [9.17, 15) is 9.59 Å². The molecule has 0 bridgehead atoms. The van der Waals surface area contributed by atoms with Crippen LogP contribution in [0.3, 0.4) is 0 Å². The van der Waals surface area contributed by atoms with Crippen molar-refractivity contribution in [2.24, 2.45) is 5.92 Å². The average Bonchev–Trinajstić information content (AvgIpc) is 2.23. The topological polar surface area (TPSA) is 69.6 Å². The van der Waals surface area contributed by atoms with E-state index in [0.29, 0.717) is 12.3 Å². The molecule has 1 unspecified atom stereocenters. The summed E-state index contributed by atoms with van der Waals surface area (Å²) in [4.78, 5) is 24.3. The number of carboxylic acids is 1. The van der Waals surface area contributed by atoms with Gasteiger partial charge in [0.25, 0.3) is 0 Å². The number of hydrogen-bond acceptors (Lipinski definition) is 2. The van der Waals surface area contributed by atoms with Gasteiger partial charge in [0.1, 0.15) is 0 Å². The Morgan fingerprint density at radius 2 is 1.79 bits per heavy atom. The standard InChI is InChI=1S/C14H28N2O3/c1-10(2)9-11(3)16(6)13(19)15-14(4,5)8-7-12(17)18/h10-11H,7-9H2,1-6H3,(H,15,19)(H,17,18). The van der Waals surface area contributed by atoms with Crippen molar-refractivity contribution in [2.75, 3.05) is 7.05 Å². The highest BCUT2D eigenvalue weighted by molar-refractivity contribution is 5.75. The van der Waals surface area contributed by atoms with Crippen LogP contribution in [0.4, 0.5) is 4.79 Å². The molecule has 0 saturated heterocycles. The Morgan fingerprint density at radius 3 is 2.21 bits per heavy atom. The molecule has 5 heteroatoms. The molecule has 0 saturated carbocycles. The van der Waals surface area contributed by atoms with Gasteiger partial charge in [0.15, 0.2) is 0 Å². The van der Waals surface area contributed by atoms with E-state index in [4.69, 9.17) is 5.11 Å². The van der Waals surface area contributed by atoms with Gasteiger partial charge in [0, 0.05) is 25.0 Å². The van der Waals surface area contributed by atoms with E-state index in [1.54, 1.807) is 11.9 Å². The Hall–Kier alpha value is -1.26. The molecule has 19 heavy (non-hydrogen) atoms. The van der Waals surface area contributed by atoms with E-state index in [0.717, 1.165) is 6.42 Å². The first-order chi connectivity index (χ1) is 8.55. The predicted octanol–water partition coefficient (Wildman–Crippen LogP) is 2.71. The zero-order valence-corrected chi connectivity index (χ0v) is 13.0. The average molecular weight is 272 g/mol. The van der Waals surface area contributed by atoms with E-state index in [-0.39, 0.29) is 18.5 Å². The lowest BCUT2D eigenvalue weighted by atomic mass is 9.98. The normalized spacial score (nSPS) is 13.2. The summed E-state index contributed by atoms with van der Waals surface area (Å²) in [6.45, 7) is 9.95. The van der Waals surface area contributed by atoms with Gasteiger partial charge >= 0.3 is 12.0 Å². The van der Waals surface area contributed by atoms with Gasteiger partial charge in [-0.1, -0.05) is 13.8 Å². The first-order valence-corrected chi connectivity index (χ1v) is 6.82. The van der Waals surface area contributed by atoms with Crippen molar-refractivity contribution in [2.45, 2.75) is 65.5 Å². The number of carbonyl (C=O) groups is 2. The van der Waals surface area contributed by atoms with Crippen molar-refractivity contribution >= 4 is 12.0 Å². The number of carbonyl (C=O) groups excluding carboxylic acids is 1. The van der Waals surface area contributed by atoms with Crippen LogP contribution in [0.25, 0.3) is 0 Å². The highest BCUT2D eigenvalue weighted by Crippen LogP contribution is 2.14. The molecule has 0 aliphatic rings. The first kappa shape index (κ1) is 17.7. The van der Waals surface area contributed by atoms with Crippen LogP contribution in [-0.4, -0.2) is 40.6 Å². The molecule has 0 aromatic carbocycles. The zero-order valence-electron chi connectivity index (χ0n) is 13.0. The third-order valence-electron chi connectivity index (χ3n) is 3.20. The van der Waals surface area contributed by atoms with E-state index in [1.165, 1.54) is 0 Å². The second-order valence-corrected chi connectivity index (χ2v) is 6.30. The lowest BCUT2D eigenvalue weighted by Crippen LogP contribution is -2.51. The van der Waals surface area contributed by atoms with Gasteiger partial charge < -0.3 is 15.3 Å². The Morgan fingerprint density at radius 1 is 1.26 bits per heavy atom. The molecule has 5 nitrogen and oxygen atoms in total. The highest BCUT2D eigenvalue weighted by atomic mass is 16.4. The van der Waals surface area contributed by atoms with Gasteiger partial charge in [0.2, 0.25) is 0 Å². The summed E-state index contributed by atoms with van der Waals surface area (Å²) in [5.41, 5.74) is -0.513. The fraction of sp³-hybridized carbons (Fsp3) is 0.857. The minimum atomic E-state index is -0.844. The van der Waals surface area contributed by atoms with Crippen molar-refractivity contribution in [1.29, 1.82) is 0 Å². The molecule has 0 heterocycles. The summed E-state index contributed by atoms with van der Waals surface area (Å²) in [6, 6.07) is 0.0128. The molecule has 0 spiro atoms. The number of amides is 2. The maximum Gasteiger partial charge on any atom is 0.317 e. The van der Waals surface area contributed by atoms with Crippen molar-refractivity contribution < 1.29 is 14.7 Å². The van der Waals surface area contributed by atoms with Crippen LogP contribution in [0.15, 0.2) is 0 Å². The molecule has 1 atom stereocenters. The molecule has 0 radical (unpaired) electrons. The highest BCUT2D eigenvalue weighted by Gasteiger charge is 2.25. The fourth-order valence-corrected chi connectivity index (χ4v) is 1.90. The number of rotatable bonds is 7. The Balaban J connectivity index is 4.37. The molecule has 2 amide bonds. The molecule has 0 aliphatic heterocycles. The summed E-state index contributed by atoms with van der Waals surface area (Å²) in [5.74, 6) is -0.311. The molecule has 0 aliphatic carbocycles. The molecular weight excluding hydrogens is 244 g/mol. The molecule has 0 aromatic heterocycles. The minimum Gasteiger partial charge on any atom is -0.481 e. The van der Waals surface area contributed by atoms with Gasteiger partial charge in [0.05, 0.1) is 0 Å². The lowest BCUT2D eigenvalue weighted by molar-refractivity contribution is -0.137. The smallest absolute Gasteiger partial charge is 0.317 e. The lowest BCUT2D eigenvalue weighted by Gasteiger charge is -2.32. The molecule has 0 aromatic rings. The van der Waals surface area contributed by atoms with Crippen LogP contribution in [0.1, 0.15) is 53.9 Å². The van der Waals surface area contributed by atoms with Crippen LogP contribution < -0.4 is 5.32 Å². The van der Waals surface area contributed by atoms with Gasteiger partial charge in [-0.15, -0.1) is 0 Å². The maximum absolute atomic E-state index is 12.1. The molecule has 112 valence electrons. The fourth-order valence-electron chi connectivity index (χ4n) is 1.90. The third-order valence-corrected chi connectivity index (χ3v) is 3.20. The van der Waals surface area contributed by atoms with Crippen LogP contribution in [0, 0.1) is 5.92 Å². The van der Waals surface area contributed by atoms with E-state index < -0.39 is 11.5 Å². The van der Waals surface area contributed by atoms with Crippen LogP contribution in [0.5, 0.6) is 0 Å². The van der Waals surface area contributed by atoms with Gasteiger partial charge in [-0.3, -0.25) is 4.79 Å². The summed E-state index contributed by atoms with van der Waals surface area (Å²) in [5, 5.41) is 11.6. The summed E-state index contributed by atoms with van der Waals surface area (Å²) in [7, 11) is 1.77. The maximum atomic E-state index is 12.1.